The van der Waals surface area contributed by atoms with Crippen LogP contribution in [0.15, 0.2) is 27.7 Å². The zero-order valence-electron chi connectivity index (χ0n) is 13.9. The minimum Gasteiger partial charge on any atom is -0.357 e. The molecule has 1 amide bonds. The number of nitrogens with one attached hydrogen (secondary N) is 1. The van der Waals surface area contributed by atoms with Crippen molar-refractivity contribution in [3.8, 4) is 0 Å². The molecule has 1 aliphatic rings. The van der Waals surface area contributed by atoms with Crippen molar-refractivity contribution in [3.05, 3.63) is 34.1 Å². The molecule has 8 heteroatoms. The van der Waals surface area contributed by atoms with E-state index in [1.165, 1.54) is 6.07 Å². The Bertz CT molecular complexity index is 591. The second-order valence-corrected chi connectivity index (χ2v) is 6.31. The quantitative estimate of drug-likeness (QED) is 0.385. The van der Waals surface area contributed by atoms with Gasteiger partial charge in [-0.05, 0) is 19.1 Å². The molecule has 1 heterocycles. The Balaban J connectivity index is 0.00000288. The molecule has 1 fully saturated rings. The van der Waals surface area contributed by atoms with Crippen molar-refractivity contribution in [2.24, 2.45) is 4.99 Å². The number of carbonyl (C=O) groups excluding carboxylic acids is 1. The van der Waals surface area contributed by atoms with Crippen LogP contribution < -0.4 is 5.32 Å². The first-order valence-corrected chi connectivity index (χ1v) is 8.53. The van der Waals surface area contributed by atoms with Crippen LogP contribution in [0, 0.1) is 5.82 Å². The highest BCUT2D eigenvalue weighted by atomic mass is 127. The van der Waals surface area contributed by atoms with E-state index in [4.69, 9.17) is 0 Å². The minimum atomic E-state index is -0.264. The largest absolute Gasteiger partial charge is 0.357 e. The van der Waals surface area contributed by atoms with Crippen LogP contribution in [0.25, 0.3) is 0 Å². The summed E-state index contributed by atoms with van der Waals surface area (Å²) < 4.78 is 14.6. The number of hydrogen-bond donors (Lipinski definition) is 1. The van der Waals surface area contributed by atoms with Crippen LogP contribution in [0.5, 0.6) is 0 Å². The van der Waals surface area contributed by atoms with Gasteiger partial charge in [-0.1, -0.05) is 22.0 Å². The van der Waals surface area contributed by atoms with Crippen LogP contribution in [0.1, 0.15) is 19.4 Å². The molecule has 134 valence electrons. The van der Waals surface area contributed by atoms with Gasteiger partial charge in [-0.15, -0.1) is 24.0 Å². The number of benzene rings is 1. The highest BCUT2D eigenvalue weighted by Gasteiger charge is 2.20. The van der Waals surface area contributed by atoms with Crippen molar-refractivity contribution < 1.29 is 9.18 Å². The molecular formula is C16H23BrFIN4O. The number of halogens is 3. The van der Waals surface area contributed by atoms with Crippen molar-refractivity contribution in [2.75, 3.05) is 32.7 Å². The Morgan fingerprint density at radius 2 is 1.92 bits per heavy atom. The first-order chi connectivity index (χ1) is 11.0. The van der Waals surface area contributed by atoms with Crippen LogP contribution in [0.2, 0.25) is 0 Å². The van der Waals surface area contributed by atoms with Gasteiger partial charge in [0.1, 0.15) is 5.82 Å². The molecule has 24 heavy (non-hydrogen) atoms. The summed E-state index contributed by atoms with van der Waals surface area (Å²) in [5.41, 5.74) is 0.561. The van der Waals surface area contributed by atoms with Gasteiger partial charge in [-0.25, -0.2) is 9.38 Å². The maximum Gasteiger partial charge on any atom is 0.219 e. The smallest absolute Gasteiger partial charge is 0.219 e. The lowest BCUT2D eigenvalue weighted by Crippen LogP contribution is -2.53. The number of guanidine groups is 1. The number of amides is 1. The molecular weight excluding hydrogens is 490 g/mol. The maximum absolute atomic E-state index is 13.9. The molecule has 1 aliphatic heterocycles. The fraction of sp³-hybridized carbons (Fsp3) is 0.500. The standard InChI is InChI=1S/C16H22BrFN4O.HI/c1-3-19-16(22-8-6-21(7-9-22)12(2)23)20-11-13-4-5-14(17)10-15(13)18;/h4-5,10H,3,6-9,11H2,1-2H3,(H,19,20);1H. The summed E-state index contributed by atoms with van der Waals surface area (Å²) in [6, 6.07) is 5.00. The molecule has 1 aromatic rings. The maximum atomic E-state index is 13.9. The third-order valence-electron chi connectivity index (χ3n) is 3.77. The molecule has 1 N–H and O–H groups in total. The van der Waals surface area contributed by atoms with Crippen molar-refractivity contribution in [1.29, 1.82) is 0 Å². The third-order valence-corrected chi connectivity index (χ3v) is 4.27. The topological polar surface area (TPSA) is 47.9 Å². The van der Waals surface area contributed by atoms with E-state index < -0.39 is 0 Å². The van der Waals surface area contributed by atoms with Crippen LogP contribution >= 0.6 is 39.9 Å². The second-order valence-electron chi connectivity index (χ2n) is 5.40. The van der Waals surface area contributed by atoms with Gasteiger partial charge in [-0.3, -0.25) is 4.79 Å². The van der Waals surface area contributed by atoms with E-state index in [2.05, 4.69) is 31.1 Å². The highest BCUT2D eigenvalue weighted by molar-refractivity contribution is 14.0. The molecule has 0 atom stereocenters. The van der Waals surface area contributed by atoms with Crippen molar-refractivity contribution in [1.82, 2.24) is 15.1 Å². The van der Waals surface area contributed by atoms with E-state index in [1.54, 1.807) is 13.0 Å². The summed E-state index contributed by atoms with van der Waals surface area (Å²) in [4.78, 5) is 19.9. The van der Waals surface area contributed by atoms with E-state index in [1.807, 2.05) is 17.9 Å². The van der Waals surface area contributed by atoms with Gasteiger partial charge in [-0.2, -0.15) is 0 Å². The third kappa shape index (κ3) is 5.87. The van der Waals surface area contributed by atoms with Crippen LogP contribution in [0.3, 0.4) is 0 Å². The molecule has 0 radical (unpaired) electrons. The number of rotatable bonds is 3. The fourth-order valence-electron chi connectivity index (χ4n) is 2.47. The molecule has 0 unspecified atom stereocenters. The Hall–Kier alpha value is -0.900. The first kappa shape index (κ1) is 21.1. The minimum absolute atomic E-state index is 0. The number of hydrogen-bond acceptors (Lipinski definition) is 2. The lowest BCUT2D eigenvalue weighted by atomic mass is 10.2. The van der Waals surface area contributed by atoms with E-state index in [0.29, 0.717) is 18.7 Å². The molecule has 5 nitrogen and oxygen atoms in total. The number of carbonyl (C=O) groups is 1. The first-order valence-electron chi connectivity index (χ1n) is 7.74. The number of piperazine rings is 1. The molecule has 0 spiro atoms. The Morgan fingerprint density at radius 3 is 2.46 bits per heavy atom. The molecule has 0 aromatic heterocycles. The fourth-order valence-corrected chi connectivity index (χ4v) is 2.80. The van der Waals surface area contributed by atoms with Crippen LogP contribution in [-0.4, -0.2) is 54.4 Å². The Kier molecular flexibility index (Phi) is 8.96. The lowest BCUT2D eigenvalue weighted by molar-refractivity contribution is -0.130. The van der Waals surface area contributed by atoms with Gasteiger partial charge < -0.3 is 15.1 Å². The van der Waals surface area contributed by atoms with Crippen molar-refractivity contribution in [2.45, 2.75) is 20.4 Å². The van der Waals surface area contributed by atoms with Crippen molar-refractivity contribution in [3.63, 3.8) is 0 Å². The SMILES string of the molecule is CCNC(=NCc1ccc(Br)cc1F)N1CCN(C(C)=O)CC1.I. The molecule has 0 saturated carbocycles. The van der Waals surface area contributed by atoms with E-state index in [-0.39, 0.29) is 42.2 Å². The summed E-state index contributed by atoms with van der Waals surface area (Å²) in [5, 5.41) is 3.24. The van der Waals surface area contributed by atoms with Gasteiger partial charge >= 0.3 is 0 Å². The predicted molar refractivity (Wildman–Crippen MR) is 108 cm³/mol. The average molecular weight is 513 g/mol. The monoisotopic (exact) mass is 512 g/mol. The van der Waals surface area contributed by atoms with E-state index in [9.17, 15) is 9.18 Å². The summed E-state index contributed by atoms with van der Waals surface area (Å²) in [5.74, 6) is 0.599. The van der Waals surface area contributed by atoms with Gasteiger partial charge in [0.2, 0.25) is 5.91 Å². The van der Waals surface area contributed by atoms with Crippen LogP contribution in [0.4, 0.5) is 4.39 Å². The number of aliphatic imine (C=N–C) groups is 1. The normalized spacial score (nSPS) is 15.1. The van der Waals surface area contributed by atoms with Gasteiger partial charge in [0.15, 0.2) is 5.96 Å². The summed E-state index contributed by atoms with van der Waals surface area (Å²) in [6.45, 7) is 7.46. The summed E-state index contributed by atoms with van der Waals surface area (Å²) in [7, 11) is 0. The van der Waals surface area contributed by atoms with Gasteiger partial charge in [0, 0.05) is 49.7 Å². The molecule has 1 aromatic carbocycles. The van der Waals surface area contributed by atoms with Crippen LogP contribution in [-0.2, 0) is 11.3 Å². The van der Waals surface area contributed by atoms with Crippen molar-refractivity contribution >= 4 is 51.8 Å². The lowest BCUT2D eigenvalue weighted by Gasteiger charge is -2.36. The summed E-state index contributed by atoms with van der Waals surface area (Å²) >= 11 is 3.25. The Morgan fingerprint density at radius 1 is 1.29 bits per heavy atom. The van der Waals surface area contributed by atoms with Gasteiger partial charge in [0.25, 0.3) is 0 Å². The molecule has 0 aliphatic carbocycles. The number of nitrogens with zero attached hydrogens (tertiary/aromatic N) is 3. The molecule has 2 rings (SSSR count). The zero-order chi connectivity index (χ0) is 16.8. The zero-order valence-corrected chi connectivity index (χ0v) is 17.8. The van der Waals surface area contributed by atoms with E-state index >= 15 is 0 Å². The second kappa shape index (κ2) is 10.2. The Labute approximate surface area is 167 Å². The average Bonchev–Trinajstić information content (AvgIpc) is 2.53. The molecule has 0 bridgehead atoms. The molecule has 1 saturated heterocycles. The highest BCUT2D eigenvalue weighted by Crippen LogP contribution is 2.16. The van der Waals surface area contributed by atoms with Gasteiger partial charge in [0.05, 0.1) is 6.54 Å². The van der Waals surface area contributed by atoms with E-state index in [0.717, 1.165) is 30.1 Å². The summed E-state index contributed by atoms with van der Waals surface area (Å²) in [6.07, 6.45) is 0. The predicted octanol–water partition coefficient (Wildman–Crippen LogP) is 2.84.